The van der Waals surface area contributed by atoms with Gasteiger partial charge in [-0.15, -0.1) is 0 Å². The summed E-state index contributed by atoms with van der Waals surface area (Å²) >= 11 is 0. The molecule has 0 radical (unpaired) electrons. The highest BCUT2D eigenvalue weighted by molar-refractivity contribution is 6.00. The second kappa shape index (κ2) is 9.12. The van der Waals surface area contributed by atoms with Crippen LogP contribution in [0.25, 0.3) is 22.8 Å². The Morgan fingerprint density at radius 1 is 0.697 bits per heavy atom. The minimum absolute atomic E-state index is 0.00340. The zero-order valence-corrected chi connectivity index (χ0v) is 18.1. The molecule has 1 saturated heterocycles. The first kappa shape index (κ1) is 20.7. The maximum atomic E-state index is 13.4. The number of hydrogen-bond donors (Lipinski definition) is 0. The van der Waals surface area contributed by atoms with Crippen LogP contribution in [0.3, 0.4) is 0 Å². The third-order valence-corrected chi connectivity index (χ3v) is 5.83. The summed E-state index contributed by atoms with van der Waals surface area (Å²) in [6.07, 6.45) is 1.68. The average Bonchev–Trinajstić information content (AvgIpc) is 3.39. The van der Waals surface area contributed by atoms with Crippen molar-refractivity contribution in [3.63, 3.8) is 0 Å². The summed E-state index contributed by atoms with van der Waals surface area (Å²) in [5.74, 6) is 0.977. The smallest absolute Gasteiger partial charge is 0.254 e. The van der Waals surface area contributed by atoms with Gasteiger partial charge in [-0.3, -0.25) is 9.59 Å². The second-order valence-corrected chi connectivity index (χ2v) is 7.89. The molecule has 0 unspecified atom stereocenters. The number of piperazine rings is 1. The number of hydrogen-bond acceptors (Lipinski definition) is 4. The largest absolute Gasteiger partial charge is 0.436 e. The lowest BCUT2D eigenvalue weighted by Gasteiger charge is -2.35. The molecule has 4 aromatic rings. The number of oxazole rings is 1. The van der Waals surface area contributed by atoms with Crippen molar-refractivity contribution in [1.29, 1.82) is 0 Å². The standard InChI is InChI=1S/C27H23N3O3/c31-26(21-11-5-2-6-12-21)29-15-17-30(18-16-29)27(32)23-14-8-7-13-22(23)25-28-19-24(33-25)20-9-3-1-4-10-20/h1-14,19H,15-18H2. The van der Waals surface area contributed by atoms with Gasteiger partial charge in [-0.05, 0) is 24.3 Å². The Morgan fingerprint density at radius 3 is 1.97 bits per heavy atom. The third kappa shape index (κ3) is 4.28. The van der Waals surface area contributed by atoms with E-state index >= 15 is 0 Å². The quantitative estimate of drug-likeness (QED) is 0.468. The molecule has 3 aromatic carbocycles. The normalized spacial score (nSPS) is 13.7. The van der Waals surface area contributed by atoms with Gasteiger partial charge in [0.1, 0.15) is 0 Å². The summed E-state index contributed by atoms with van der Waals surface area (Å²) in [6, 6.07) is 26.3. The fraction of sp³-hybridized carbons (Fsp3) is 0.148. The van der Waals surface area contributed by atoms with Crippen molar-refractivity contribution in [2.75, 3.05) is 26.2 Å². The Hall–Kier alpha value is -4.19. The number of amides is 2. The number of carbonyl (C=O) groups is 2. The van der Waals surface area contributed by atoms with Crippen LogP contribution in [0.5, 0.6) is 0 Å². The molecule has 5 rings (SSSR count). The van der Waals surface area contributed by atoms with Gasteiger partial charge >= 0.3 is 0 Å². The van der Waals surface area contributed by atoms with Gasteiger partial charge in [-0.25, -0.2) is 4.98 Å². The SMILES string of the molecule is O=C(c1ccccc1)N1CCN(C(=O)c2ccccc2-c2ncc(-c3ccccc3)o2)CC1. The van der Waals surface area contributed by atoms with Gasteiger partial charge in [0.2, 0.25) is 5.89 Å². The predicted octanol–water partition coefficient (Wildman–Crippen LogP) is 4.61. The molecule has 6 heteroatoms. The molecule has 1 aliphatic rings. The first-order chi connectivity index (χ1) is 16.2. The number of benzene rings is 3. The topological polar surface area (TPSA) is 66.7 Å². The Morgan fingerprint density at radius 2 is 1.27 bits per heavy atom. The molecule has 0 bridgehead atoms. The molecule has 33 heavy (non-hydrogen) atoms. The Balaban J connectivity index is 1.32. The van der Waals surface area contributed by atoms with Crippen LogP contribution in [0, 0.1) is 0 Å². The van der Waals surface area contributed by atoms with E-state index in [1.807, 2.05) is 78.9 Å². The van der Waals surface area contributed by atoms with Crippen LogP contribution in [-0.2, 0) is 0 Å². The van der Waals surface area contributed by atoms with Gasteiger partial charge in [0, 0.05) is 42.9 Å². The number of rotatable bonds is 4. The number of nitrogens with zero attached hydrogens (tertiary/aromatic N) is 3. The summed E-state index contributed by atoms with van der Waals surface area (Å²) < 4.78 is 6.00. The van der Waals surface area contributed by atoms with Crippen molar-refractivity contribution in [2.45, 2.75) is 0 Å². The summed E-state index contributed by atoms with van der Waals surface area (Å²) in [6.45, 7) is 1.96. The fourth-order valence-corrected chi connectivity index (χ4v) is 4.04. The maximum absolute atomic E-state index is 13.4. The van der Waals surface area contributed by atoms with Gasteiger partial charge < -0.3 is 14.2 Å². The molecule has 0 spiro atoms. The lowest BCUT2D eigenvalue weighted by molar-refractivity contribution is 0.0536. The third-order valence-electron chi connectivity index (χ3n) is 5.83. The van der Waals surface area contributed by atoms with Gasteiger partial charge in [0.25, 0.3) is 11.8 Å². The minimum atomic E-state index is -0.0862. The summed E-state index contributed by atoms with van der Waals surface area (Å²) in [7, 11) is 0. The fourth-order valence-electron chi connectivity index (χ4n) is 4.04. The Labute approximate surface area is 192 Å². The molecule has 0 N–H and O–H groups in total. The molecule has 6 nitrogen and oxygen atoms in total. The molecule has 1 fully saturated rings. The van der Waals surface area contributed by atoms with Crippen molar-refractivity contribution in [1.82, 2.24) is 14.8 Å². The number of aromatic nitrogens is 1. The molecular formula is C27H23N3O3. The zero-order valence-electron chi connectivity index (χ0n) is 18.1. The highest BCUT2D eigenvalue weighted by Gasteiger charge is 2.27. The molecule has 2 heterocycles. The van der Waals surface area contributed by atoms with Crippen LogP contribution >= 0.6 is 0 Å². The van der Waals surface area contributed by atoms with Crippen LogP contribution in [0.2, 0.25) is 0 Å². The van der Waals surface area contributed by atoms with Crippen molar-refractivity contribution >= 4 is 11.8 Å². The van der Waals surface area contributed by atoms with Crippen molar-refractivity contribution in [3.8, 4) is 22.8 Å². The van der Waals surface area contributed by atoms with E-state index in [4.69, 9.17) is 4.42 Å². The molecule has 0 saturated carbocycles. The zero-order chi connectivity index (χ0) is 22.6. The summed E-state index contributed by atoms with van der Waals surface area (Å²) in [5.41, 5.74) is 2.80. The number of carbonyl (C=O) groups excluding carboxylic acids is 2. The summed E-state index contributed by atoms with van der Waals surface area (Å²) in [4.78, 5) is 34.1. The van der Waals surface area contributed by atoms with E-state index in [2.05, 4.69) is 4.98 Å². The lowest BCUT2D eigenvalue weighted by atomic mass is 10.1. The van der Waals surface area contributed by atoms with E-state index in [9.17, 15) is 9.59 Å². The molecule has 2 amide bonds. The average molecular weight is 437 g/mol. The Bertz CT molecular complexity index is 1260. The first-order valence-corrected chi connectivity index (χ1v) is 10.9. The van der Waals surface area contributed by atoms with Crippen molar-refractivity contribution < 1.29 is 14.0 Å². The second-order valence-electron chi connectivity index (χ2n) is 7.89. The summed E-state index contributed by atoms with van der Waals surface area (Å²) in [5, 5.41) is 0. The predicted molar refractivity (Wildman–Crippen MR) is 126 cm³/mol. The van der Waals surface area contributed by atoms with E-state index < -0.39 is 0 Å². The molecule has 0 atom stereocenters. The van der Waals surface area contributed by atoms with E-state index in [-0.39, 0.29) is 11.8 Å². The Kier molecular flexibility index (Phi) is 5.72. The lowest BCUT2D eigenvalue weighted by Crippen LogP contribution is -2.50. The monoisotopic (exact) mass is 437 g/mol. The van der Waals surface area contributed by atoms with E-state index in [0.29, 0.717) is 54.5 Å². The van der Waals surface area contributed by atoms with Crippen molar-refractivity contribution in [3.05, 3.63) is 102 Å². The van der Waals surface area contributed by atoms with Gasteiger partial charge in [-0.2, -0.15) is 0 Å². The highest BCUT2D eigenvalue weighted by atomic mass is 16.4. The molecule has 0 aliphatic carbocycles. The van der Waals surface area contributed by atoms with E-state index in [1.54, 1.807) is 22.1 Å². The van der Waals surface area contributed by atoms with Gasteiger partial charge in [0.05, 0.1) is 11.8 Å². The van der Waals surface area contributed by atoms with Gasteiger partial charge in [-0.1, -0.05) is 60.7 Å². The molecule has 1 aliphatic heterocycles. The van der Waals surface area contributed by atoms with E-state index in [0.717, 1.165) is 5.56 Å². The van der Waals surface area contributed by atoms with E-state index in [1.165, 1.54) is 0 Å². The maximum Gasteiger partial charge on any atom is 0.254 e. The van der Waals surface area contributed by atoms with Crippen LogP contribution in [-0.4, -0.2) is 52.8 Å². The van der Waals surface area contributed by atoms with Crippen LogP contribution < -0.4 is 0 Å². The van der Waals surface area contributed by atoms with Crippen LogP contribution in [0.1, 0.15) is 20.7 Å². The van der Waals surface area contributed by atoms with Gasteiger partial charge in [0.15, 0.2) is 5.76 Å². The first-order valence-electron chi connectivity index (χ1n) is 10.9. The minimum Gasteiger partial charge on any atom is -0.436 e. The molecular weight excluding hydrogens is 414 g/mol. The van der Waals surface area contributed by atoms with Crippen molar-refractivity contribution in [2.24, 2.45) is 0 Å². The van der Waals surface area contributed by atoms with Crippen LogP contribution in [0.4, 0.5) is 0 Å². The highest BCUT2D eigenvalue weighted by Crippen LogP contribution is 2.29. The molecule has 1 aromatic heterocycles. The molecule has 164 valence electrons. The van der Waals surface area contributed by atoms with Crippen LogP contribution in [0.15, 0.2) is 95.5 Å².